The number of hydrazine groups is 1. The Bertz CT molecular complexity index is 575. The molecule has 4 nitrogen and oxygen atoms in total. The van der Waals surface area contributed by atoms with Crippen molar-refractivity contribution in [2.75, 3.05) is 14.2 Å². The molecule has 2 aromatic rings. The minimum atomic E-state index is 0.00408. The number of methoxy groups -OCH3 is 2. The molecule has 21 heavy (non-hydrogen) atoms. The summed E-state index contributed by atoms with van der Waals surface area (Å²) in [7, 11) is 3.16. The second-order valence-electron chi connectivity index (χ2n) is 4.58. The molecule has 0 saturated carbocycles. The van der Waals surface area contributed by atoms with E-state index in [4.69, 9.17) is 26.9 Å². The highest BCUT2D eigenvalue weighted by Crippen LogP contribution is 2.38. The van der Waals surface area contributed by atoms with E-state index < -0.39 is 0 Å². The Hall–Kier alpha value is -1.27. The van der Waals surface area contributed by atoms with Crippen LogP contribution in [-0.4, -0.2) is 14.2 Å². The fraction of sp³-hybridized carbons (Fsp3) is 0.333. The second kappa shape index (κ2) is 7.66. The zero-order chi connectivity index (χ0) is 15.2. The molecule has 0 saturated heterocycles. The lowest BCUT2D eigenvalue weighted by Gasteiger charge is -2.19. The Labute approximate surface area is 133 Å². The number of nitrogens with one attached hydrogen (secondary N) is 1. The maximum atomic E-state index is 6.24. The molecule has 1 aromatic heterocycles. The van der Waals surface area contributed by atoms with Crippen LogP contribution in [0.1, 0.15) is 22.9 Å². The van der Waals surface area contributed by atoms with Crippen molar-refractivity contribution in [2.45, 2.75) is 18.9 Å². The molecule has 114 valence electrons. The maximum absolute atomic E-state index is 6.24. The van der Waals surface area contributed by atoms with Crippen LogP contribution in [0.5, 0.6) is 11.5 Å². The van der Waals surface area contributed by atoms with Crippen molar-refractivity contribution in [1.82, 2.24) is 5.43 Å². The molecule has 1 unspecified atom stereocenters. The van der Waals surface area contributed by atoms with Crippen molar-refractivity contribution in [1.29, 1.82) is 0 Å². The van der Waals surface area contributed by atoms with Crippen LogP contribution in [-0.2, 0) is 6.42 Å². The first-order valence-electron chi connectivity index (χ1n) is 6.59. The molecule has 0 aliphatic carbocycles. The standard InChI is InChI=1S/C15H19ClN2O2S/c1-19-14-9-10(8-12(16)15(14)20-2)13(18-17)6-5-11-4-3-7-21-11/h3-4,7-9,13,18H,5-6,17H2,1-2H3. The molecule has 2 rings (SSSR count). The van der Waals surface area contributed by atoms with Gasteiger partial charge >= 0.3 is 0 Å². The Kier molecular flexibility index (Phi) is 5.87. The van der Waals surface area contributed by atoms with E-state index in [2.05, 4.69) is 22.9 Å². The summed E-state index contributed by atoms with van der Waals surface area (Å²) in [5.74, 6) is 6.84. The molecule has 0 aliphatic rings. The summed E-state index contributed by atoms with van der Waals surface area (Å²) < 4.78 is 10.6. The molecule has 3 N–H and O–H groups in total. The summed E-state index contributed by atoms with van der Waals surface area (Å²) in [5, 5.41) is 2.59. The first-order chi connectivity index (χ1) is 10.2. The number of aryl methyl sites for hydroxylation is 1. The van der Waals surface area contributed by atoms with Crippen LogP contribution in [0.3, 0.4) is 0 Å². The van der Waals surface area contributed by atoms with Crippen LogP contribution >= 0.6 is 22.9 Å². The molecule has 0 aliphatic heterocycles. The lowest BCUT2D eigenvalue weighted by molar-refractivity contribution is 0.354. The van der Waals surface area contributed by atoms with Crippen molar-refractivity contribution in [2.24, 2.45) is 5.84 Å². The number of ether oxygens (including phenoxy) is 2. The van der Waals surface area contributed by atoms with Crippen molar-refractivity contribution >= 4 is 22.9 Å². The van der Waals surface area contributed by atoms with E-state index in [0.29, 0.717) is 16.5 Å². The molecule has 0 bridgehead atoms. The third kappa shape index (κ3) is 3.89. The summed E-state index contributed by atoms with van der Waals surface area (Å²) in [6.45, 7) is 0. The summed E-state index contributed by atoms with van der Waals surface area (Å²) >= 11 is 7.99. The molecule has 0 fully saturated rings. The van der Waals surface area contributed by atoms with Gasteiger partial charge in [-0.25, -0.2) is 0 Å². The fourth-order valence-corrected chi connectivity index (χ4v) is 3.25. The van der Waals surface area contributed by atoms with Gasteiger partial charge in [0.15, 0.2) is 11.5 Å². The predicted molar refractivity (Wildman–Crippen MR) is 87.3 cm³/mol. The van der Waals surface area contributed by atoms with Gasteiger partial charge in [-0.1, -0.05) is 17.7 Å². The van der Waals surface area contributed by atoms with E-state index in [9.17, 15) is 0 Å². The Morgan fingerprint density at radius 2 is 2.14 bits per heavy atom. The highest BCUT2D eigenvalue weighted by molar-refractivity contribution is 7.09. The predicted octanol–water partition coefficient (Wildman–Crippen LogP) is 3.56. The minimum Gasteiger partial charge on any atom is -0.493 e. The third-order valence-electron chi connectivity index (χ3n) is 3.32. The van der Waals surface area contributed by atoms with Crippen LogP contribution < -0.4 is 20.7 Å². The first kappa shape index (κ1) is 16.1. The highest BCUT2D eigenvalue weighted by Gasteiger charge is 2.16. The van der Waals surface area contributed by atoms with Crippen LogP contribution in [0, 0.1) is 0 Å². The van der Waals surface area contributed by atoms with Gasteiger partial charge in [0.1, 0.15) is 0 Å². The van der Waals surface area contributed by atoms with Crippen molar-refractivity contribution in [3.63, 3.8) is 0 Å². The summed E-state index contributed by atoms with van der Waals surface area (Å²) in [4.78, 5) is 1.34. The number of nitrogens with two attached hydrogens (primary N) is 1. The maximum Gasteiger partial charge on any atom is 0.179 e. The monoisotopic (exact) mass is 326 g/mol. The average molecular weight is 327 g/mol. The van der Waals surface area contributed by atoms with E-state index in [0.717, 1.165) is 18.4 Å². The van der Waals surface area contributed by atoms with E-state index in [1.54, 1.807) is 25.6 Å². The lowest BCUT2D eigenvalue weighted by atomic mass is 10.0. The van der Waals surface area contributed by atoms with Gasteiger partial charge < -0.3 is 9.47 Å². The smallest absolute Gasteiger partial charge is 0.179 e. The average Bonchev–Trinajstić information content (AvgIpc) is 3.00. The molecule has 6 heteroatoms. The molecular weight excluding hydrogens is 308 g/mol. The molecule has 1 atom stereocenters. The van der Waals surface area contributed by atoms with E-state index >= 15 is 0 Å². The third-order valence-corrected chi connectivity index (χ3v) is 4.54. The van der Waals surface area contributed by atoms with Gasteiger partial charge in [-0.3, -0.25) is 11.3 Å². The normalized spacial score (nSPS) is 12.2. The van der Waals surface area contributed by atoms with Crippen molar-refractivity contribution in [3.05, 3.63) is 45.1 Å². The largest absolute Gasteiger partial charge is 0.493 e. The molecule has 0 radical (unpaired) electrons. The molecule has 1 heterocycles. The molecule has 0 amide bonds. The van der Waals surface area contributed by atoms with Gasteiger partial charge in [0, 0.05) is 10.9 Å². The van der Waals surface area contributed by atoms with E-state index in [1.807, 2.05) is 12.1 Å². The quantitative estimate of drug-likeness (QED) is 0.603. The van der Waals surface area contributed by atoms with Crippen molar-refractivity contribution in [3.8, 4) is 11.5 Å². The van der Waals surface area contributed by atoms with Gasteiger partial charge in [0.2, 0.25) is 0 Å². The lowest BCUT2D eigenvalue weighted by Crippen LogP contribution is -2.28. The molecular formula is C15H19ClN2O2S. The highest BCUT2D eigenvalue weighted by atomic mass is 35.5. The fourth-order valence-electron chi connectivity index (χ4n) is 2.23. The Morgan fingerprint density at radius 1 is 1.33 bits per heavy atom. The summed E-state index contributed by atoms with van der Waals surface area (Å²) in [6.07, 6.45) is 1.83. The van der Waals surface area contributed by atoms with Crippen LogP contribution in [0.4, 0.5) is 0 Å². The number of thiophene rings is 1. The first-order valence-corrected chi connectivity index (χ1v) is 7.85. The Morgan fingerprint density at radius 3 is 2.71 bits per heavy atom. The Balaban J connectivity index is 2.19. The number of hydrogen-bond donors (Lipinski definition) is 2. The minimum absolute atomic E-state index is 0.00408. The SMILES string of the molecule is COc1cc(C(CCc2cccs2)NN)cc(Cl)c1OC. The van der Waals surface area contributed by atoms with Gasteiger partial charge in [0.05, 0.1) is 19.2 Å². The number of halogens is 1. The second-order valence-corrected chi connectivity index (χ2v) is 6.01. The topological polar surface area (TPSA) is 56.5 Å². The van der Waals surface area contributed by atoms with Gasteiger partial charge in [-0.2, -0.15) is 0 Å². The zero-order valence-corrected chi connectivity index (χ0v) is 13.6. The van der Waals surface area contributed by atoms with E-state index in [1.165, 1.54) is 4.88 Å². The summed E-state index contributed by atoms with van der Waals surface area (Å²) in [5.41, 5.74) is 3.83. The van der Waals surface area contributed by atoms with Gasteiger partial charge in [-0.15, -0.1) is 11.3 Å². The zero-order valence-electron chi connectivity index (χ0n) is 12.1. The van der Waals surface area contributed by atoms with Crippen molar-refractivity contribution < 1.29 is 9.47 Å². The number of hydrogen-bond acceptors (Lipinski definition) is 5. The number of benzene rings is 1. The van der Waals surface area contributed by atoms with E-state index in [-0.39, 0.29) is 6.04 Å². The van der Waals surface area contributed by atoms with Crippen LogP contribution in [0.15, 0.2) is 29.6 Å². The summed E-state index contributed by atoms with van der Waals surface area (Å²) in [6, 6.07) is 7.95. The molecule has 1 aromatic carbocycles. The molecule has 0 spiro atoms. The van der Waals surface area contributed by atoms with Crippen LogP contribution in [0.25, 0.3) is 0 Å². The van der Waals surface area contributed by atoms with Gasteiger partial charge in [-0.05, 0) is 42.0 Å². The van der Waals surface area contributed by atoms with Crippen LogP contribution in [0.2, 0.25) is 5.02 Å². The number of rotatable bonds is 7. The van der Waals surface area contributed by atoms with Gasteiger partial charge in [0.25, 0.3) is 0 Å².